The highest BCUT2D eigenvalue weighted by Crippen LogP contribution is 2.59. The van der Waals surface area contributed by atoms with Crippen LogP contribution in [0.5, 0.6) is 0 Å². The zero-order valence-corrected chi connectivity index (χ0v) is 28.0. The van der Waals surface area contributed by atoms with Crippen LogP contribution in [-0.2, 0) is 38.0 Å². The third-order valence-electron chi connectivity index (χ3n) is 11.0. The lowest BCUT2D eigenvalue weighted by molar-refractivity contribution is -0.335. The van der Waals surface area contributed by atoms with Gasteiger partial charge in [-0.2, -0.15) is 0 Å². The Morgan fingerprint density at radius 2 is 1.91 bits per heavy atom. The van der Waals surface area contributed by atoms with Crippen LogP contribution >= 0.6 is 0 Å². The van der Waals surface area contributed by atoms with E-state index in [1.807, 2.05) is 6.08 Å². The summed E-state index contributed by atoms with van der Waals surface area (Å²) in [7, 11) is 0. The Hall–Kier alpha value is -2.04. The molecule has 45 heavy (non-hydrogen) atoms. The van der Waals surface area contributed by atoms with Crippen molar-refractivity contribution in [2.45, 2.75) is 147 Å². The lowest BCUT2D eigenvalue weighted by Crippen LogP contribution is -2.64. The van der Waals surface area contributed by atoms with Crippen LogP contribution in [0.1, 0.15) is 93.4 Å². The van der Waals surface area contributed by atoms with Gasteiger partial charge in [-0.3, -0.25) is 9.59 Å². The number of epoxide rings is 1. The second-order valence-corrected chi connectivity index (χ2v) is 15.0. The first kappa shape index (κ1) is 32.9. The average molecular weight is 629 g/mol. The van der Waals surface area contributed by atoms with Gasteiger partial charge in [0.1, 0.15) is 29.8 Å². The fraction of sp³-hybridized carbons (Fsp3) is 0.778. The maximum absolute atomic E-state index is 14.3. The van der Waals surface area contributed by atoms with Crippen molar-refractivity contribution in [3.63, 3.8) is 0 Å². The topological polar surface area (TPSA) is 113 Å². The molecular formula is C36H52O9. The van der Waals surface area contributed by atoms with E-state index in [0.717, 1.165) is 25.7 Å². The normalized spacial score (nSPS) is 47.7. The molecule has 4 fully saturated rings. The third kappa shape index (κ3) is 5.86. The molecule has 2 spiro atoms. The molecule has 5 aliphatic heterocycles. The summed E-state index contributed by atoms with van der Waals surface area (Å²) in [6.07, 6.45) is 10.4. The fourth-order valence-electron chi connectivity index (χ4n) is 8.35. The molecule has 2 bridgehead atoms. The van der Waals surface area contributed by atoms with Gasteiger partial charge in [-0.1, -0.05) is 64.5 Å². The molecule has 9 heteroatoms. The smallest absolute Gasteiger partial charge is 0.316 e. The minimum absolute atomic E-state index is 0.0734. The molecule has 250 valence electrons. The first-order chi connectivity index (χ1) is 21.3. The van der Waals surface area contributed by atoms with Crippen LogP contribution in [0.3, 0.4) is 0 Å². The van der Waals surface area contributed by atoms with E-state index in [4.69, 9.17) is 28.4 Å². The fourth-order valence-corrected chi connectivity index (χ4v) is 8.35. The van der Waals surface area contributed by atoms with E-state index >= 15 is 0 Å². The predicted octanol–water partition coefficient (Wildman–Crippen LogP) is 5.34. The van der Waals surface area contributed by atoms with Crippen LogP contribution in [0, 0.1) is 23.7 Å². The molecule has 6 aliphatic rings. The SMILES string of the molecule is CC[C@H]1O[C@]2(CC[C@@H]1C)C[C@@H]1C[C@@H](C/C=C(/C)C[C@@H](C)C=C[C@@H]3O[C@]34CO[C@@H]3[C@H](OC(=O)C(C)C)C(C)=C[C@@H](C(=O)O1)[C@@]34O)O2. The van der Waals surface area contributed by atoms with Gasteiger partial charge in [0.15, 0.2) is 17.5 Å². The van der Waals surface area contributed by atoms with E-state index < -0.39 is 59.3 Å². The Kier molecular flexibility index (Phi) is 8.92. The lowest BCUT2D eigenvalue weighted by atomic mass is 9.67. The van der Waals surface area contributed by atoms with Gasteiger partial charge in [0, 0.05) is 19.3 Å². The minimum Gasteiger partial charge on any atom is -0.462 e. The molecule has 0 amide bonds. The molecule has 0 radical (unpaired) electrons. The van der Waals surface area contributed by atoms with Gasteiger partial charge < -0.3 is 33.5 Å². The van der Waals surface area contributed by atoms with Gasteiger partial charge in [0.2, 0.25) is 0 Å². The Labute approximate surface area is 267 Å². The van der Waals surface area contributed by atoms with E-state index in [0.29, 0.717) is 30.8 Å². The summed E-state index contributed by atoms with van der Waals surface area (Å²) in [6, 6.07) is 0. The summed E-state index contributed by atoms with van der Waals surface area (Å²) in [5.74, 6) is -2.53. The molecule has 9 nitrogen and oxygen atoms in total. The molecule has 0 aromatic carbocycles. The summed E-state index contributed by atoms with van der Waals surface area (Å²) in [4.78, 5) is 27.0. The number of allylic oxidation sites excluding steroid dienone is 2. The number of aliphatic hydroxyl groups is 1. The highest BCUT2D eigenvalue weighted by molar-refractivity contribution is 5.79. The monoisotopic (exact) mass is 628 g/mol. The van der Waals surface area contributed by atoms with Crippen LogP contribution in [0.4, 0.5) is 0 Å². The first-order valence-corrected chi connectivity index (χ1v) is 17.1. The Bertz CT molecular complexity index is 1250. The summed E-state index contributed by atoms with van der Waals surface area (Å²) in [6.45, 7) is 14.1. The van der Waals surface area contributed by atoms with Gasteiger partial charge in [-0.15, -0.1) is 0 Å². The molecular weight excluding hydrogens is 576 g/mol. The molecule has 1 N–H and O–H groups in total. The van der Waals surface area contributed by atoms with Crippen molar-refractivity contribution in [1.82, 2.24) is 0 Å². The van der Waals surface area contributed by atoms with Crippen molar-refractivity contribution < 1.29 is 43.1 Å². The highest BCUT2D eigenvalue weighted by atomic mass is 16.7. The molecule has 6 rings (SSSR count). The van der Waals surface area contributed by atoms with Crippen LogP contribution in [0.15, 0.2) is 35.5 Å². The summed E-state index contributed by atoms with van der Waals surface area (Å²) < 4.78 is 38.2. The summed E-state index contributed by atoms with van der Waals surface area (Å²) in [5.41, 5.74) is -1.05. The third-order valence-corrected chi connectivity index (χ3v) is 11.0. The van der Waals surface area contributed by atoms with E-state index in [1.54, 1.807) is 26.8 Å². The quantitative estimate of drug-likeness (QED) is 0.251. The maximum Gasteiger partial charge on any atom is 0.316 e. The van der Waals surface area contributed by atoms with Crippen molar-refractivity contribution in [2.75, 3.05) is 6.61 Å². The van der Waals surface area contributed by atoms with Crippen molar-refractivity contribution in [2.24, 2.45) is 23.7 Å². The van der Waals surface area contributed by atoms with Crippen molar-refractivity contribution in [3.8, 4) is 0 Å². The van der Waals surface area contributed by atoms with E-state index in [9.17, 15) is 14.7 Å². The predicted molar refractivity (Wildman–Crippen MR) is 166 cm³/mol. The average Bonchev–Trinajstić information content (AvgIpc) is 3.63. The number of hydrogen-bond acceptors (Lipinski definition) is 9. The van der Waals surface area contributed by atoms with Crippen molar-refractivity contribution in [1.29, 1.82) is 0 Å². The minimum atomic E-state index is -1.80. The van der Waals surface area contributed by atoms with Crippen LogP contribution in [0.25, 0.3) is 0 Å². The van der Waals surface area contributed by atoms with Crippen molar-refractivity contribution >= 4 is 11.9 Å². The van der Waals surface area contributed by atoms with Crippen molar-refractivity contribution in [3.05, 3.63) is 35.5 Å². The largest absolute Gasteiger partial charge is 0.462 e. The van der Waals surface area contributed by atoms with Gasteiger partial charge in [-0.25, -0.2) is 0 Å². The molecule has 0 unspecified atom stereocenters. The zero-order chi connectivity index (χ0) is 32.3. The second-order valence-electron chi connectivity index (χ2n) is 15.0. The lowest BCUT2D eigenvalue weighted by Gasteiger charge is -2.50. The van der Waals surface area contributed by atoms with Crippen LogP contribution in [0.2, 0.25) is 0 Å². The molecule has 1 aliphatic carbocycles. The second kappa shape index (κ2) is 12.2. The number of carbonyl (C=O) groups excluding carboxylic acids is 2. The number of rotatable bonds is 3. The molecule has 5 heterocycles. The maximum atomic E-state index is 14.3. The molecule has 0 aromatic rings. The van der Waals surface area contributed by atoms with Gasteiger partial charge >= 0.3 is 11.9 Å². The van der Waals surface area contributed by atoms with Gasteiger partial charge in [-0.05, 0) is 56.9 Å². The van der Waals surface area contributed by atoms with E-state index in [2.05, 4.69) is 39.8 Å². The Balaban J connectivity index is 1.37. The van der Waals surface area contributed by atoms with E-state index in [-0.39, 0.29) is 30.7 Å². The summed E-state index contributed by atoms with van der Waals surface area (Å²) in [5, 5.41) is 12.7. The van der Waals surface area contributed by atoms with Gasteiger partial charge in [0.05, 0.1) is 24.7 Å². The standard InChI is InChI=1S/C36H52O9/c1-8-28-23(6)13-14-34(44-28)18-26-17-25(43-34)11-9-21(4)15-22(5)10-12-29-35(45-29)19-40-31-30(42-32(37)20(2)3)24(7)16-27(33(38)41-26)36(31,35)39/h9-10,12,16,20,22-23,25-31,39H,8,11,13-15,17-19H2,1-7H3/b12-10?,21-9-/t22-,23-,25+,26-,27-,28+,29-,30+,31+,34+,35+,36+/m0/s1. The van der Waals surface area contributed by atoms with E-state index in [1.165, 1.54) is 5.57 Å². The summed E-state index contributed by atoms with van der Waals surface area (Å²) >= 11 is 0. The molecule has 4 saturated heterocycles. The Morgan fingerprint density at radius 1 is 1.13 bits per heavy atom. The molecule has 0 aromatic heterocycles. The molecule has 12 atom stereocenters. The van der Waals surface area contributed by atoms with Crippen LogP contribution < -0.4 is 0 Å². The number of ether oxygens (including phenoxy) is 6. The highest BCUT2D eigenvalue weighted by Gasteiger charge is 2.80. The van der Waals surface area contributed by atoms with Gasteiger partial charge in [0.25, 0.3) is 0 Å². The first-order valence-electron chi connectivity index (χ1n) is 17.1. The van der Waals surface area contributed by atoms with Crippen LogP contribution in [-0.4, -0.2) is 77.3 Å². The number of fused-ring (bicyclic) bond motifs is 2. The Morgan fingerprint density at radius 3 is 2.64 bits per heavy atom. The number of esters is 2. The number of hydrogen-bond donors (Lipinski definition) is 1. The zero-order valence-electron chi connectivity index (χ0n) is 28.0. The molecule has 0 saturated carbocycles. The number of carbonyl (C=O) groups is 2.